The summed E-state index contributed by atoms with van der Waals surface area (Å²) in [4.78, 5) is 15.7. The molecule has 0 N–H and O–H groups in total. The van der Waals surface area contributed by atoms with Gasteiger partial charge >= 0.3 is 6.18 Å². The van der Waals surface area contributed by atoms with Crippen molar-refractivity contribution in [2.24, 2.45) is 7.05 Å². The molecule has 2 rings (SSSR count). The Morgan fingerprint density at radius 2 is 2.11 bits per heavy atom. The summed E-state index contributed by atoms with van der Waals surface area (Å²) in [7, 11) is 1.72. The molecule has 0 aliphatic carbocycles. The number of hydrogen-bond donors (Lipinski definition) is 0. The number of alkyl halides is 3. The first-order valence-electron chi connectivity index (χ1n) is 5.53. The number of hydrogen-bond acceptors (Lipinski definition) is 2. The summed E-state index contributed by atoms with van der Waals surface area (Å²) >= 11 is 0. The van der Waals surface area contributed by atoms with Crippen LogP contribution in [0, 0.1) is 0 Å². The van der Waals surface area contributed by atoms with E-state index in [1.807, 2.05) is 0 Å². The summed E-state index contributed by atoms with van der Waals surface area (Å²) in [6, 6.07) is 4.76. The van der Waals surface area contributed by atoms with Gasteiger partial charge < -0.3 is 4.57 Å². The quantitative estimate of drug-likeness (QED) is 0.802. The molecule has 0 saturated carbocycles. The van der Waals surface area contributed by atoms with Crippen LogP contribution in [0.3, 0.4) is 0 Å². The minimum Gasteiger partial charge on any atom is -0.340 e. The second kappa shape index (κ2) is 4.87. The fourth-order valence-corrected chi connectivity index (χ4v) is 1.69. The first-order chi connectivity index (χ1) is 8.86. The van der Waals surface area contributed by atoms with Crippen molar-refractivity contribution in [2.75, 3.05) is 0 Å². The van der Waals surface area contributed by atoms with Gasteiger partial charge in [0.05, 0.1) is 11.9 Å². The van der Waals surface area contributed by atoms with Crippen molar-refractivity contribution in [1.82, 2.24) is 9.55 Å². The monoisotopic (exact) mass is 268 g/mol. The highest BCUT2D eigenvalue weighted by Crippen LogP contribution is 2.29. The summed E-state index contributed by atoms with van der Waals surface area (Å²) in [5.74, 6) is -0.306. The molecular formula is C13H11F3N2O. The highest BCUT2D eigenvalue weighted by Gasteiger charge is 2.30. The molecule has 19 heavy (non-hydrogen) atoms. The van der Waals surface area contributed by atoms with Crippen molar-refractivity contribution in [3.05, 3.63) is 53.6 Å². The standard InChI is InChI=1S/C13H11F3N2O/c1-18-7-11(17-8-18)12(19)6-9-3-2-4-10(5-9)13(14,15)16/h2-5,7-8H,6H2,1H3. The predicted octanol–water partition coefficient (Wildman–Crippen LogP) is 2.86. The molecule has 6 heteroatoms. The van der Waals surface area contributed by atoms with Gasteiger partial charge in [0.1, 0.15) is 5.69 Å². The van der Waals surface area contributed by atoms with Crippen molar-refractivity contribution >= 4 is 5.78 Å². The molecule has 0 saturated heterocycles. The zero-order valence-corrected chi connectivity index (χ0v) is 10.1. The van der Waals surface area contributed by atoms with Crippen LogP contribution in [0.4, 0.5) is 13.2 Å². The summed E-state index contributed by atoms with van der Waals surface area (Å²) < 4.78 is 39.2. The Hall–Kier alpha value is -2.11. The molecular weight excluding hydrogens is 257 g/mol. The van der Waals surface area contributed by atoms with Gasteiger partial charge in [0, 0.05) is 19.7 Å². The SMILES string of the molecule is Cn1cnc(C(=O)Cc2cccc(C(F)(F)F)c2)c1. The molecule has 0 fully saturated rings. The highest BCUT2D eigenvalue weighted by atomic mass is 19.4. The third-order valence-electron chi connectivity index (χ3n) is 2.61. The normalized spacial score (nSPS) is 11.6. The first kappa shape index (κ1) is 13.3. The zero-order chi connectivity index (χ0) is 14.0. The molecule has 0 bridgehead atoms. The van der Waals surface area contributed by atoms with E-state index >= 15 is 0 Å². The van der Waals surface area contributed by atoms with Gasteiger partial charge in [-0.3, -0.25) is 4.79 Å². The van der Waals surface area contributed by atoms with Crippen LogP contribution in [0.1, 0.15) is 21.6 Å². The van der Waals surface area contributed by atoms with Gasteiger partial charge in [-0.15, -0.1) is 0 Å². The number of rotatable bonds is 3. The topological polar surface area (TPSA) is 34.9 Å². The number of imidazole rings is 1. The summed E-state index contributed by atoms with van der Waals surface area (Å²) in [5.41, 5.74) is -0.177. The summed E-state index contributed by atoms with van der Waals surface area (Å²) in [6.07, 6.45) is -1.49. The first-order valence-corrected chi connectivity index (χ1v) is 5.53. The van der Waals surface area contributed by atoms with Crippen LogP contribution in [-0.2, 0) is 19.6 Å². The molecule has 0 unspecified atom stereocenters. The fourth-order valence-electron chi connectivity index (χ4n) is 1.69. The van der Waals surface area contributed by atoms with Gasteiger partial charge in [0.2, 0.25) is 0 Å². The van der Waals surface area contributed by atoms with Crippen molar-refractivity contribution < 1.29 is 18.0 Å². The second-order valence-corrected chi connectivity index (χ2v) is 4.22. The molecule has 3 nitrogen and oxygen atoms in total. The Morgan fingerprint density at radius 1 is 1.37 bits per heavy atom. The van der Waals surface area contributed by atoms with Gasteiger partial charge in [-0.25, -0.2) is 4.98 Å². The van der Waals surface area contributed by atoms with Crippen LogP contribution in [0.25, 0.3) is 0 Å². The minimum absolute atomic E-state index is 0.0963. The van der Waals surface area contributed by atoms with Crippen LogP contribution < -0.4 is 0 Å². The summed E-state index contributed by atoms with van der Waals surface area (Å²) in [5, 5.41) is 0. The van der Waals surface area contributed by atoms with Crippen LogP contribution in [0.2, 0.25) is 0 Å². The number of carbonyl (C=O) groups excluding carboxylic acids is 1. The maximum atomic E-state index is 12.5. The van der Waals surface area contributed by atoms with Crippen molar-refractivity contribution in [2.45, 2.75) is 12.6 Å². The number of halogens is 3. The molecule has 2 aromatic rings. The smallest absolute Gasteiger partial charge is 0.340 e. The molecule has 100 valence electrons. The van der Waals surface area contributed by atoms with E-state index in [-0.39, 0.29) is 17.9 Å². The predicted molar refractivity (Wildman–Crippen MR) is 62.7 cm³/mol. The average molecular weight is 268 g/mol. The molecule has 1 aromatic heterocycles. The number of aryl methyl sites for hydroxylation is 1. The van der Waals surface area contributed by atoms with E-state index in [1.165, 1.54) is 24.7 Å². The Morgan fingerprint density at radius 3 is 2.68 bits per heavy atom. The largest absolute Gasteiger partial charge is 0.416 e. The number of nitrogens with zero attached hydrogens (tertiary/aromatic N) is 2. The molecule has 0 atom stereocenters. The van der Waals surface area contributed by atoms with Gasteiger partial charge in [-0.2, -0.15) is 13.2 Å². The van der Waals surface area contributed by atoms with Gasteiger partial charge in [0.25, 0.3) is 0 Å². The van der Waals surface area contributed by atoms with Gasteiger partial charge in [-0.05, 0) is 11.6 Å². The number of benzene rings is 1. The van der Waals surface area contributed by atoms with Crippen molar-refractivity contribution in [3.63, 3.8) is 0 Å². The Labute approximate surface area is 107 Å². The lowest BCUT2D eigenvalue weighted by atomic mass is 10.0. The molecule has 1 heterocycles. The van der Waals surface area contributed by atoms with E-state index in [9.17, 15) is 18.0 Å². The molecule has 0 amide bonds. The Bertz CT molecular complexity index is 602. The van der Waals surface area contributed by atoms with Crippen LogP contribution >= 0.6 is 0 Å². The lowest BCUT2D eigenvalue weighted by molar-refractivity contribution is -0.137. The van der Waals surface area contributed by atoms with E-state index in [0.29, 0.717) is 5.56 Å². The van der Waals surface area contributed by atoms with E-state index in [4.69, 9.17) is 0 Å². The number of carbonyl (C=O) groups is 1. The maximum absolute atomic E-state index is 12.5. The highest BCUT2D eigenvalue weighted by molar-refractivity contribution is 5.95. The van der Waals surface area contributed by atoms with E-state index < -0.39 is 11.7 Å². The maximum Gasteiger partial charge on any atom is 0.416 e. The second-order valence-electron chi connectivity index (χ2n) is 4.22. The lowest BCUT2D eigenvalue weighted by Gasteiger charge is -2.07. The van der Waals surface area contributed by atoms with Crippen LogP contribution in [-0.4, -0.2) is 15.3 Å². The summed E-state index contributed by atoms with van der Waals surface area (Å²) in [6.45, 7) is 0. The number of Topliss-reactive ketones (excluding diaryl/α,β-unsaturated/α-hetero) is 1. The van der Waals surface area contributed by atoms with Gasteiger partial charge in [-0.1, -0.05) is 18.2 Å². The fraction of sp³-hybridized carbons (Fsp3) is 0.231. The molecule has 0 aliphatic heterocycles. The third kappa shape index (κ3) is 3.21. The van der Waals surface area contributed by atoms with E-state index in [1.54, 1.807) is 11.6 Å². The van der Waals surface area contributed by atoms with Crippen molar-refractivity contribution in [3.8, 4) is 0 Å². The van der Waals surface area contributed by atoms with E-state index in [0.717, 1.165) is 12.1 Å². The van der Waals surface area contributed by atoms with Crippen molar-refractivity contribution in [1.29, 1.82) is 0 Å². The zero-order valence-electron chi connectivity index (χ0n) is 10.1. The van der Waals surface area contributed by atoms with Crippen LogP contribution in [0.15, 0.2) is 36.8 Å². The Kier molecular flexibility index (Phi) is 3.42. The van der Waals surface area contributed by atoms with E-state index in [2.05, 4.69) is 4.98 Å². The Balaban J connectivity index is 2.18. The lowest BCUT2D eigenvalue weighted by Crippen LogP contribution is -2.08. The molecule has 0 radical (unpaired) electrons. The molecule has 1 aromatic carbocycles. The molecule has 0 aliphatic rings. The number of aromatic nitrogens is 2. The minimum atomic E-state index is -4.40. The van der Waals surface area contributed by atoms with Crippen LogP contribution in [0.5, 0.6) is 0 Å². The van der Waals surface area contributed by atoms with Gasteiger partial charge in [0.15, 0.2) is 5.78 Å². The number of ketones is 1. The third-order valence-corrected chi connectivity index (χ3v) is 2.61. The average Bonchev–Trinajstić information content (AvgIpc) is 2.75. The molecule has 0 spiro atoms.